The van der Waals surface area contributed by atoms with Crippen molar-refractivity contribution in [1.29, 1.82) is 0 Å². The number of carbonyl (C=O) groups is 3. The zero-order valence-electron chi connectivity index (χ0n) is 24.0. The van der Waals surface area contributed by atoms with E-state index in [1.807, 2.05) is 36.9 Å². The molecule has 0 aliphatic carbocycles. The van der Waals surface area contributed by atoms with Gasteiger partial charge in [0.05, 0.1) is 16.1 Å². The van der Waals surface area contributed by atoms with Crippen molar-refractivity contribution >= 4 is 34.2 Å². The third-order valence-corrected chi connectivity index (χ3v) is 8.18. The summed E-state index contributed by atoms with van der Waals surface area (Å²) in [5, 5.41) is 17.1. The lowest BCUT2D eigenvalue weighted by Crippen LogP contribution is -2.60. The lowest BCUT2D eigenvalue weighted by atomic mass is 9.89. The molecule has 1 unspecified atom stereocenters. The van der Waals surface area contributed by atoms with Gasteiger partial charge < -0.3 is 20.1 Å². The Labute approximate surface area is 240 Å². The Morgan fingerprint density at radius 2 is 1.90 bits per heavy atom. The first-order valence-electron chi connectivity index (χ1n) is 14.0. The minimum Gasteiger partial charge on any atom is -0.444 e. The molecule has 2 saturated heterocycles. The van der Waals surface area contributed by atoms with Gasteiger partial charge in [-0.2, -0.15) is 0 Å². The summed E-state index contributed by atoms with van der Waals surface area (Å²) in [4.78, 5) is 48.2. The van der Waals surface area contributed by atoms with Gasteiger partial charge in [0, 0.05) is 37.9 Å². The highest BCUT2D eigenvalue weighted by Gasteiger charge is 2.42. The molecule has 0 aromatic carbocycles. The Bertz CT molecular complexity index is 1200. The molecule has 4 heterocycles. The highest BCUT2D eigenvalue weighted by atomic mass is 32.1. The van der Waals surface area contributed by atoms with Gasteiger partial charge in [-0.3, -0.25) is 24.8 Å². The van der Waals surface area contributed by atoms with Crippen LogP contribution in [0.4, 0.5) is 9.80 Å². The smallest absolute Gasteiger partial charge is 0.412 e. The number of likely N-dealkylation sites (tertiary alicyclic amines) is 2. The van der Waals surface area contributed by atoms with Gasteiger partial charge in [0.2, 0.25) is 0 Å². The monoisotopic (exact) mass is 571 g/mol. The van der Waals surface area contributed by atoms with Crippen molar-refractivity contribution in [3.05, 3.63) is 36.0 Å². The molecular weight excluding hydrogens is 530 g/mol. The number of hydrogen-bond donors (Lipinski definition) is 3. The molecule has 1 atom stereocenters. The van der Waals surface area contributed by atoms with Crippen LogP contribution in [0.2, 0.25) is 0 Å². The van der Waals surface area contributed by atoms with E-state index in [0.717, 1.165) is 36.4 Å². The number of thiophene rings is 1. The fraction of sp³-hybridized carbons (Fsp3) is 0.586. The molecule has 10 nitrogen and oxygen atoms in total. The van der Waals surface area contributed by atoms with E-state index in [2.05, 4.69) is 20.5 Å². The molecule has 0 bridgehead atoms. The van der Waals surface area contributed by atoms with E-state index < -0.39 is 17.3 Å². The summed E-state index contributed by atoms with van der Waals surface area (Å²) >= 11 is 1.29. The number of piperidine rings is 2. The Morgan fingerprint density at radius 1 is 1.18 bits per heavy atom. The molecule has 2 fully saturated rings. The second-order valence-corrected chi connectivity index (χ2v) is 13.0. The van der Waals surface area contributed by atoms with Crippen molar-refractivity contribution < 1.29 is 24.2 Å². The number of carbonyl (C=O) groups excluding carboxylic acids is 3. The minimum atomic E-state index is -1.39. The topological polar surface area (TPSA) is 124 Å². The zero-order valence-corrected chi connectivity index (χ0v) is 24.8. The number of hydrogen-bond acceptors (Lipinski definition) is 8. The first-order chi connectivity index (χ1) is 18.8. The van der Waals surface area contributed by atoms with Crippen LogP contribution in [-0.4, -0.2) is 87.3 Å². The molecular formula is C29H41N5O5S. The van der Waals surface area contributed by atoms with Gasteiger partial charge in [-0.15, -0.1) is 11.3 Å². The van der Waals surface area contributed by atoms with Crippen LogP contribution in [0.1, 0.15) is 70.7 Å². The predicted molar refractivity (Wildman–Crippen MR) is 155 cm³/mol. The second kappa shape index (κ2) is 12.2. The van der Waals surface area contributed by atoms with E-state index in [1.54, 1.807) is 33.0 Å². The number of nitrogens with zero attached hydrogens (tertiary/aromatic N) is 3. The number of ether oxygens (including phenoxy) is 1. The maximum absolute atomic E-state index is 13.7. The van der Waals surface area contributed by atoms with Crippen molar-refractivity contribution in [2.45, 2.75) is 83.6 Å². The summed E-state index contributed by atoms with van der Waals surface area (Å²) in [5.74, 6) is -0.472. The van der Waals surface area contributed by atoms with Crippen LogP contribution in [0, 0.1) is 0 Å². The minimum absolute atomic E-state index is 0.0360. The summed E-state index contributed by atoms with van der Waals surface area (Å²) in [7, 11) is 0. The molecule has 3 N–H and O–H groups in total. The van der Waals surface area contributed by atoms with Crippen LogP contribution in [0.25, 0.3) is 10.6 Å². The third kappa shape index (κ3) is 7.38. The fourth-order valence-corrected chi connectivity index (χ4v) is 6.25. The molecule has 218 valence electrons. The normalized spacial score (nSPS) is 20.8. The molecule has 2 aliphatic heterocycles. The average molecular weight is 572 g/mol. The first kappa shape index (κ1) is 30.0. The number of rotatable bonds is 6. The van der Waals surface area contributed by atoms with E-state index in [-0.39, 0.29) is 23.9 Å². The van der Waals surface area contributed by atoms with E-state index in [0.29, 0.717) is 36.6 Å². The number of amides is 3. The molecule has 2 aromatic rings. The van der Waals surface area contributed by atoms with E-state index in [9.17, 15) is 19.5 Å². The van der Waals surface area contributed by atoms with Gasteiger partial charge in [-0.1, -0.05) is 6.07 Å². The number of nitrogens with one attached hydrogen (secondary N) is 2. The van der Waals surface area contributed by atoms with Crippen LogP contribution in [0.15, 0.2) is 30.5 Å². The Hall–Kier alpha value is -3.02. The van der Waals surface area contributed by atoms with Gasteiger partial charge >= 0.3 is 6.09 Å². The lowest BCUT2D eigenvalue weighted by Gasteiger charge is -2.44. The number of pyridine rings is 1. The SMILES string of the molecule is CC(C)NC(=O)C1(O)CCCN(C2CCN(C(=O)c3cc(-c4ccccn4)sc3NC(=O)OC(C)(C)C)CC2)C1. The van der Waals surface area contributed by atoms with Gasteiger partial charge in [0.1, 0.15) is 10.6 Å². The Balaban J connectivity index is 1.45. The first-order valence-corrected chi connectivity index (χ1v) is 14.8. The summed E-state index contributed by atoms with van der Waals surface area (Å²) in [6.45, 7) is 11.3. The quantitative estimate of drug-likeness (QED) is 0.477. The predicted octanol–water partition coefficient (Wildman–Crippen LogP) is 4.11. The number of β-amino-alcohol motifs (C(OH)–C–C–N with tert-alkyl or cyclic N) is 1. The van der Waals surface area contributed by atoms with Crippen molar-refractivity contribution in [1.82, 2.24) is 20.1 Å². The largest absolute Gasteiger partial charge is 0.444 e. The second-order valence-electron chi connectivity index (χ2n) is 12.0. The number of aliphatic hydroxyl groups is 1. The van der Waals surface area contributed by atoms with Gasteiger partial charge in [0.15, 0.2) is 5.60 Å². The van der Waals surface area contributed by atoms with Gasteiger partial charge in [-0.05, 0) is 85.0 Å². The maximum Gasteiger partial charge on any atom is 0.412 e. The highest BCUT2D eigenvalue weighted by Crippen LogP contribution is 2.36. The molecule has 3 amide bonds. The fourth-order valence-electron chi connectivity index (χ4n) is 5.24. The zero-order chi connectivity index (χ0) is 29.1. The van der Waals surface area contributed by atoms with E-state index in [1.165, 1.54) is 11.3 Å². The van der Waals surface area contributed by atoms with Crippen LogP contribution in [0.5, 0.6) is 0 Å². The Kier molecular flexibility index (Phi) is 9.16. The Morgan fingerprint density at radius 3 is 2.52 bits per heavy atom. The van der Waals surface area contributed by atoms with Gasteiger partial charge in [-0.25, -0.2) is 4.79 Å². The summed E-state index contributed by atoms with van der Waals surface area (Å²) < 4.78 is 5.43. The molecule has 0 radical (unpaired) electrons. The van der Waals surface area contributed by atoms with Crippen molar-refractivity contribution in [3.8, 4) is 10.6 Å². The van der Waals surface area contributed by atoms with Crippen molar-refractivity contribution in [2.24, 2.45) is 0 Å². The number of aromatic nitrogens is 1. The highest BCUT2D eigenvalue weighted by molar-refractivity contribution is 7.20. The van der Waals surface area contributed by atoms with Crippen molar-refractivity contribution in [3.63, 3.8) is 0 Å². The van der Waals surface area contributed by atoms with Crippen molar-refractivity contribution in [2.75, 3.05) is 31.5 Å². The van der Waals surface area contributed by atoms with E-state index in [4.69, 9.17) is 4.74 Å². The average Bonchev–Trinajstić information content (AvgIpc) is 3.31. The van der Waals surface area contributed by atoms with Crippen LogP contribution >= 0.6 is 11.3 Å². The molecule has 2 aliphatic rings. The summed E-state index contributed by atoms with van der Waals surface area (Å²) in [6, 6.07) is 7.49. The molecule has 0 saturated carbocycles. The lowest BCUT2D eigenvalue weighted by molar-refractivity contribution is -0.147. The van der Waals surface area contributed by atoms with Crippen LogP contribution in [0.3, 0.4) is 0 Å². The molecule has 40 heavy (non-hydrogen) atoms. The van der Waals surface area contributed by atoms with Crippen LogP contribution < -0.4 is 10.6 Å². The molecule has 11 heteroatoms. The van der Waals surface area contributed by atoms with Crippen LogP contribution in [-0.2, 0) is 9.53 Å². The molecule has 2 aromatic heterocycles. The standard InChI is InChI=1S/C29H41N5O5S/c1-19(2)31-26(36)29(38)12-8-14-34(18-29)20-10-15-33(16-11-20)25(35)21-17-23(22-9-6-7-13-30-22)40-24(21)32-27(37)39-28(3,4)5/h6-7,9,13,17,19-20,38H,8,10-12,14-16,18H2,1-5H3,(H,31,36)(H,32,37). The van der Waals surface area contributed by atoms with E-state index >= 15 is 0 Å². The maximum atomic E-state index is 13.7. The summed E-state index contributed by atoms with van der Waals surface area (Å²) in [5.41, 5.74) is -0.937. The molecule has 4 rings (SSSR count). The third-order valence-electron chi connectivity index (χ3n) is 7.11. The summed E-state index contributed by atoms with van der Waals surface area (Å²) in [6.07, 6.45) is 3.74. The molecule has 0 spiro atoms. The van der Waals surface area contributed by atoms with Gasteiger partial charge in [0.25, 0.3) is 11.8 Å². The number of anilines is 1.